The van der Waals surface area contributed by atoms with Crippen LogP contribution in [-0.2, 0) is 0 Å². The summed E-state index contributed by atoms with van der Waals surface area (Å²) in [7, 11) is 0. The SMILES string of the molecule is Cc1ccccc1OCC(O)CN1CCN(c2ccc(F)cc2F)CC1. The third-order valence-corrected chi connectivity index (χ3v) is 4.62. The number of benzene rings is 2. The van der Waals surface area contributed by atoms with E-state index in [2.05, 4.69) is 4.90 Å². The molecule has 3 rings (SSSR count). The number of anilines is 1. The van der Waals surface area contributed by atoms with Gasteiger partial charge >= 0.3 is 0 Å². The topological polar surface area (TPSA) is 35.9 Å². The van der Waals surface area contributed by atoms with E-state index in [-0.39, 0.29) is 6.61 Å². The Morgan fingerprint density at radius 1 is 1.08 bits per heavy atom. The largest absolute Gasteiger partial charge is 0.491 e. The summed E-state index contributed by atoms with van der Waals surface area (Å²) in [6.07, 6.45) is -0.594. The van der Waals surface area contributed by atoms with Crippen molar-refractivity contribution in [2.45, 2.75) is 13.0 Å². The summed E-state index contributed by atoms with van der Waals surface area (Å²) in [5, 5.41) is 10.2. The second-order valence-electron chi connectivity index (χ2n) is 6.61. The van der Waals surface area contributed by atoms with Crippen LogP contribution in [0.3, 0.4) is 0 Å². The van der Waals surface area contributed by atoms with Gasteiger partial charge in [0.15, 0.2) is 0 Å². The minimum Gasteiger partial charge on any atom is -0.491 e. The number of hydrogen-bond donors (Lipinski definition) is 1. The van der Waals surface area contributed by atoms with E-state index < -0.39 is 17.7 Å². The number of rotatable bonds is 6. The van der Waals surface area contributed by atoms with Gasteiger partial charge in [0, 0.05) is 38.8 Å². The Labute approximate surface area is 152 Å². The van der Waals surface area contributed by atoms with Gasteiger partial charge in [-0.05, 0) is 30.7 Å². The van der Waals surface area contributed by atoms with Crippen LogP contribution >= 0.6 is 0 Å². The van der Waals surface area contributed by atoms with Gasteiger partial charge in [0.05, 0.1) is 5.69 Å². The van der Waals surface area contributed by atoms with Crippen LogP contribution in [0.15, 0.2) is 42.5 Å². The number of β-amino-alcohol motifs (C(OH)–C–C–N with tert-alkyl or cyclic N) is 1. The molecular formula is C20H24F2N2O2. The van der Waals surface area contributed by atoms with Gasteiger partial charge in [0.25, 0.3) is 0 Å². The van der Waals surface area contributed by atoms with Gasteiger partial charge in [-0.2, -0.15) is 0 Å². The summed E-state index contributed by atoms with van der Waals surface area (Å²) in [4.78, 5) is 4.03. The lowest BCUT2D eigenvalue weighted by molar-refractivity contribution is 0.0660. The monoisotopic (exact) mass is 362 g/mol. The van der Waals surface area contributed by atoms with Crippen LogP contribution < -0.4 is 9.64 Å². The van der Waals surface area contributed by atoms with Crippen LogP contribution in [0.4, 0.5) is 14.5 Å². The Morgan fingerprint density at radius 3 is 2.50 bits per heavy atom. The van der Waals surface area contributed by atoms with Crippen molar-refractivity contribution in [2.24, 2.45) is 0 Å². The molecule has 1 aliphatic heterocycles. The number of aliphatic hydroxyl groups is 1. The molecule has 0 amide bonds. The summed E-state index contributed by atoms with van der Waals surface area (Å²) in [5.41, 5.74) is 1.46. The highest BCUT2D eigenvalue weighted by Gasteiger charge is 2.21. The van der Waals surface area contributed by atoms with Crippen molar-refractivity contribution in [3.63, 3.8) is 0 Å². The van der Waals surface area contributed by atoms with Gasteiger partial charge < -0.3 is 14.7 Å². The Kier molecular flexibility index (Phi) is 6.06. The number of piperazine rings is 1. The molecule has 1 N–H and O–H groups in total. The van der Waals surface area contributed by atoms with Gasteiger partial charge in [-0.1, -0.05) is 18.2 Å². The molecule has 4 nitrogen and oxygen atoms in total. The molecular weight excluding hydrogens is 338 g/mol. The van der Waals surface area contributed by atoms with E-state index in [9.17, 15) is 13.9 Å². The fraction of sp³-hybridized carbons (Fsp3) is 0.400. The predicted molar refractivity (Wildman–Crippen MR) is 97.7 cm³/mol. The first-order valence-electron chi connectivity index (χ1n) is 8.82. The summed E-state index contributed by atoms with van der Waals surface area (Å²) in [5.74, 6) is -0.324. The molecule has 1 fully saturated rings. The van der Waals surface area contributed by atoms with Gasteiger partial charge in [0.2, 0.25) is 0 Å². The standard InChI is InChI=1S/C20H24F2N2O2/c1-15-4-2-3-5-20(15)26-14-17(25)13-23-8-10-24(11-9-23)19-7-6-16(21)12-18(19)22/h2-7,12,17,25H,8-11,13-14H2,1H3. The zero-order valence-electron chi connectivity index (χ0n) is 14.9. The second kappa shape index (κ2) is 8.47. The molecule has 6 heteroatoms. The van der Waals surface area contributed by atoms with Gasteiger partial charge in [-0.25, -0.2) is 8.78 Å². The maximum atomic E-state index is 13.9. The molecule has 1 heterocycles. The third kappa shape index (κ3) is 4.71. The quantitative estimate of drug-likeness (QED) is 0.857. The van der Waals surface area contributed by atoms with Gasteiger partial charge in [-0.3, -0.25) is 4.90 Å². The van der Waals surface area contributed by atoms with E-state index in [1.807, 2.05) is 36.1 Å². The highest BCUT2D eigenvalue weighted by Crippen LogP contribution is 2.22. The molecule has 140 valence electrons. The third-order valence-electron chi connectivity index (χ3n) is 4.62. The van der Waals surface area contributed by atoms with Crippen molar-refractivity contribution in [2.75, 3.05) is 44.2 Å². The van der Waals surface area contributed by atoms with Crippen LogP contribution in [0.25, 0.3) is 0 Å². The molecule has 26 heavy (non-hydrogen) atoms. The van der Waals surface area contributed by atoms with E-state index in [1.165, 1.54) is 12.1 Å². The molecule has 2 aromatic carbocycles. The molecule has 0 aromatic heterocycles. The highest BCUT2D eigenvalue weighted by atomic mass is 19.1. The average molecular weight is 362 g/mol. The molecule has 0 saturated carbocycles. The minimum atomic E-state index is -0.594. The summed E-state index contributed by atoms with van der Waals surface area (Å²) in [6, 6.07) is 11.4. The van der Waals surface area contributed by atoms with Crippen molar-refractivity contribution in [1.82, 2.24) is 4.90 Å². The van der Waals surface area contributed by atoms with Crippen LogP contribution in [0.1, 0.15) is 5.56 Å². The van der Waals surface area contributed by atoms with Crippen molar-refractivity contribution in [3.05, 3.63) is 59.7 Å². The van der Waals surface area contributed by atoms with Crippen LogP contribution in [0.2, 0.25) is 0 Å². The molecule has 0 radical (unpaired) electrons. The van der Waals surface area contributed by atoms with E-state index in [4.69, 9.17) is 4.74 Å². The molecule has 0 aliphatic carbocycles. The van der Waals surface area contributed by atoms with Crippen LogP contribution in [-0.4, -0.2) is 55.4 Å². The first-order chi connectivity index (χ1) is 12.5. The average Bonchev–Trinajstić information content (AvgIpc) is 2.62. The molecule has 0 bridgehead atoms. The van der Waals surface area contributed by atoms with Crippen LogP contribution in [0.5, 0.6) is 5.75 Å². The van der Waals surface area contributed by atoms with Crippen molar-refractivity contribution in [3.8, 4) is 5.75 Å². The molecule has 2 aromatic rings. The van der Waals surface area contributed by atoms with E-state index in [1.54, 1.807) is 0 Å². The molecule has 1 aliphatic rings. The number of para-hydroxylation sites is 1. The predicted octanol–water partition coefficient (Wildman–Crippen LogP) is 2.84. The van der Waals surface area contributed by atoms with Crippen molar-refractivity contribution < 1.29 is 18.6 Å². The minimum absolute atomic E-state index is 0.234. The van der Waals surface area contributed by atoms with Crippen molar-refractivity contribution >= 4 is 5.69 Å². The normalized spacial score (nSPS) is 16.5. The van der Waals surface area contributed by atoms with Gasteiger partial charge in [-0.15, -0.1) is 0 Å². The lowest BCUT2D eigenvalue weighted by Crippen LogP contribution is -2.49. The lowest BCUT2D eigenvalue weighted by Gasteiger charge is -2.37. The Bertz CT molecular complexity index is 734. The fourth-order valence-corrected chi connectivity index (χ4v) is 3.16. The zero-order chi connectivity index (χ0) is 18.5. The Balaban J connectivity index is 1.45. The Morgan fingerprint density at radius 2 is 1.81 bits per heavy atom. The number of aryl methyl sites for hydroxylation is 1. The first-order valence-corrected chi connectivity index (χ1v) is 8.82. The number of halogens is 2. The molecule has 1 saturated heterocycles. The first kappa shape index (κ1) is 18.6. The van der Waals surface area contributed by atoms with E-state index in [0.29, 0.717) is 38.4 Å². The highest BCUT2D eigenvalue weighted by molar-refractivity contribution is 5.48. The molecule has 0 spiro atoms. The van der Waals surface area contributed by atoms with Gasteiger partial charge in [0.1, 0.15) is 30.1 Å². The Hall–Kier alpha value is -2.18. The summed E-state index contributed by atoms with van der Waals surface area (Å²) < 4.78 is 32.6. The molecule has 1 unspecified atom stereocenters. The maximum Gasteiger partial charge on any atom is 0.149 e. The van der Waals surface area contributed by atoms with Crippen LogP contribution in [0, 0.1) is 18.6 Å². The summed E-state index contributed by atoms with van der Waals surface area (Å²) in [6.45, 7) is 5.39. The number of aliphatic hydroxyl groups excluding tert-OH is 1. The number of nitrogens with zero attached hydrogens (tertiary/aromatic N) is 2. The smallest absolute Gasteiger partial charge is 0.149 e. The maximum absolute atomic E-state index is 13.9. The van der Waals surface area contributed by atoms with E-state index in [0.717, 1.165) is 17.4 Å². The molecule has 1 atom stereocenters. The lowest BCUT2D eigenvalue weighted by atomic mass is 10.2. The summed E-state index contributed by atoms with van der Waals surface area (Å²) >= 11 is 0. The fourth-order valence-electron chi connectivity index (χ4n) is 3.16. The zero-order valence-corrected chi connectivity index (χ0v) is 14.9. The second-order valence-corrected chi connectivity index (χ2v) is 6.61. The number of ether oxygens (including phenoxy) is 1. The van der Waals surface area contributed by atoms with Crippen molar-refractivity contribution in [1.29, 1.82) is 0 Å². The van der Waals surface area contributed by atoms with E-state index >= 15 is 0 Å². The number of hydrogen-bond acceptors (Lipinski definition) is 4.